The molecule has 1 fully saturated rings. The molecule has 2 aromatic heterocycles. The summed E-state index contributed by atoms with van der Waals surface area (Å²) in [5, 5.41) is 8.29. The largest absolute Gasteiger partial charge is 0.382 e. The Kier molecular flexibility index (Phi) is 4.32. The Bertz CT molecular complexity index is 748. The van der Waals surface area contributed by atoms with Crippen LogP contribution in [0.15, 0.2) is 35.4 Å². The molecule has 0 atom stereocenters. The van der Waals surface area contributed by atoms with Gasteiger partial charge in [-0.25, -0.2) is 4.68 Å². The van der Waals surface area contributed by atoms with Crippen molar-refractivity contribution in [3.63, 3.8) is 0 Å². The Labute approximate surface area is 142 Å². The van der Waals surface area contributed by atoms with Gasteiger partial charge in [-0.1, -0.05) is 0 Å². The molecule has 0 aliphatic heterocycles. The molecule has 4 rings (SSSR count). The van der Waals surface area contributed by atoms with Crippen LogP contribution in [0.3, 0.4) is 0 Å². The summed E-state index contributed by atoms with van der Waals surface area (Å²) in [6.07, 6.45) is 12.2. The molecule has 0 amide bonds. The van der Waals surface area contributed by atoms with Crippen LogP contribution in [-0.4, -0.2) is 20.8 Å². The lowest BCUT2D eigenvalue weighted by molar-refractivity contribution is 0.300. The molecule has 126 valence electrons. The molecule has 0 aromatic carbocycles. The van der Waals surface area contributed by atoms with Crippen LogP contribution in [0.5, 0.6) is 0 Å². The maximum absolute atomic E-state index is 12.4. The minimum atomic E-state index is 0.0844. The lowest BCUT2D eigenvalue weighted by Gasteiger charge is -2.30. The monoisotopic (exact) mass is 324 g/mol. The van der Waals surface area contributed by atoms with Gasteiger partial charge in [-0.15, -0.1) is 0 Å². The summed E-state index contributed by atoms with van der Waals surface area (Å²) in [7, 11) is 0. The second-order valence-electron chi connectivity index (χ2n) is 6.99. The lowest BCUT2D eigenvalue weighted by atomic mass is 9.90. The van der Waals surface area contributed by atoms with Crippen molar-refractivity contribution in [2.75, 3.05) is 5.32 Å². The fourth-order valence-electron chi connectivity index (χ4n) is 3.99. The molecule has 2 heterocycles. The van der Waals surface area contributed by atoms with E-state index in [4.69, 9.17) is 5.10 Å². The summed E-state index contributed by atoms with van der Waals surface area (Å²) in [6.45, 7) is 0. The van der Waals surface area contributed by atoms with Gasteiger partial charge in [0.25, 0.3) is 5.56 Å². The second-order valence-corrected chi connectivity index (χ2v) is 6.99. The van der Waals surface area contributed by atoms with Crippen LogP contribution in [0.2, 0.25) is 0 Å². The van der Waals surface area contributed by atoms with Crippen molar-refractivity contribution in [2.24, 2.45) is 0 Å². The Morgan fingerprint density at radius 3 is 2.58 bits per heavy atom. The number of anilines is 1. The van der Waals surface area contributed by atoms with E-state index < -0.39 is 0 Å². The minimum absolute atomic E-state index is 0.0844. The van der Waals surface area contributed by atoms with Crippen molar-refractivity contribution in [1.29, 1.82) is 0 Å². The summed E-state index contributed by atoms with van der Waals surface area (Å²) in [5.74, 6) is 0. The van der Waals surface area contributed by atoms with E-state index in [9.17, 15) is 4.79 Å². The van der Waals surface area contributed by atoms with Crippen molar-refractivity contribution in [2.45, 2.75) is 63.5 Å². The van der Waals surface area contributed by atoms with Gasteiger partial charge in [0, 0.05) is 30.2 Å². The molecule has 0 saturated heterocycles. The van der Waals surface area contributed by atoms with Gasteiger partial charge in [-0.3, -0.25) is 9.78 Å². The molecule has 5 nitrogen and oxygen atoms in total. The van der Waals surface area contributed by atoms with E-state index in [0.29, 0.717) is 6.04 Å². The number of hydrogen-bond acceptors (Lipinski definition) is 4. The Morgan fingerprint density at radius 1 is 1.04 bits per heavy atom. The average Bonchev–Trinajstić information content (AvgIpc) is 2.63. The number of aryl methyl sites for hydroxylation is 2. The highest BCUT2D eigenvalue weighted by molar-refractivity contribution is 5.41. The fraction of sp³-hybridized carbons (Fsp3) is 0.526. The minimum Gasteiger partial charge on any atom is -0.382 e. The lowest BCUT2D eigenvalue weighted by Crippen LogP contribution is -2.34. The summed E-state index contributed by atoms with van der Waals surface area (Å²) in [6, 6.07) is 6.56. The van der Waals surface area contributed by atoms with Gasteiger partial charge in [0.1, 0.15) is 0 Å². The zero-order chi connectivity index (χ0) is 16.4. The van der Waals surface area contributed by atoms with Crippen molar-refractivity contribution in [1.82, 2.24) is 14.8 Å². The van der Waals surface area contributed by atoms with Crippen molar-refractivity contribution in [3.8, 4) is 0 Å². The highest BCUT2D eigenvalue weighted by atomic mass is 16.1. The predicted octanol–water partition coefficient (Wildman–Crippen LogP) is 3.11. The topological polar surface area (TPSA) is 59.8 Å². The third kappa shape index (κ3) is 3.21. The molecule has 2 aliphatic rings. The summed E-state index contributed by atoms with van der Waals surface area (Å²) in [5.41, 5.74) is 3.53. The second kappa shape index (κ2) is 6.75. The first-order valence-electron chi connectivity index (χ1n) is 9.08. The maximum Gasteiger partial charge on any atom is 0.267 e. The number of nitrogens with one attached hydrogen (secondary N) is 1. The van der Waals surface area contributed by atoms with E-state index >= 15 is 0 Å². The van der Waals surface area contributed by atoms with E-state index in [1.54, 1.807) is 4.68 Å². The van der Waals surface area contributed by atoms with Crippen LogP contribution in [0.4, 0.5) is 5.69 Å². The van der Waals surface area contributed by atoms with Gasteiger partial charge in [0.15, 0.2) is 0 Å². The summed E-state index contributed by atoms with van der Waals surface area (Å²) >= 11 is 0. The van der Waals surface area contributed by atoms with Gasteiger partial charge in [0.2, 0.25) is 0 Å². The molecule has 0 bridgehead atoms. The van der Waals surface area contributed by atoms with Gasteiger partial charge in [-0.05, 0) is 69.1 Å². The highest BCUT2D eigenvalue weighted by Crippen LogP contribution is 2.29. The summed E-state index contributed by atoms with van der Waals surface area (Å²) in [4.78, 5) is 16.5. The van der Waals surface area contributed by atoms with E-state index in [1.807, 2.05) is 30.6 Å². The Balaban J connectivity index is 1.43. The number of aromatic nitrogens is 3. The number of fused-ring (bicyclic) bond motifs is 1. The van der Waals surface area contributed by atoms with Crippen LogP contribution < -0.4 is 10.9 Å². The standard InChI is InChI=1S/C19H24N4O/c24-19-13-14-3-1-2-4-18(14)22-23(19)17-7-5-15(6-8-17)21-16-9-11-20-12-10-16/h9-13,15,17H,1-8H2,(H,20,21). The SMILES string of the molecule is O=c1cc2c(nn1C1CCC(Nc3ccncc3)CC1)CCCC2. The number of hydrogen-bond donors (Lipinski definition) is 1. The van der Waals surface area contributed by atoms with E-state index in [1.165, 1.54) is 18.4 Å². The average molecular weight is 324 g/mol. The molecular formula is C19H24N4O. The Hall–Kier alpha value is -2.17. The van der Waals surface area contributed by atoms with Crippen molar-refractivity contribution >= 4 is 5.69 Å². The smallest absolute Gasteiger partial charge is 0.267 e. The molecule has 1 N–H and O–H groups in total. The number of nitrogens with zero attached hydrogens (tertiary/aromatic N) is 3. The first-order valence-corrected chi connectivity index (χ1v) is 9.08. The molecule has 24 heavy (non-hydrogen) atoms. The molecule has 1 saturated carbocycles. The normalized spacial score (nSPS) is 23.5. The van der Waals surface area contributed by atoms with Gasteiger partial charge in [-0.2, -0.15) is 5.10 Å². The highest BCUT2D eigenvalue weighted by Gasteiger charge is 2.25. The molecule has 0 radical (unpaired) electrons. The van der Waals surface area contributed by atoms with Gasteiger partial charge >= 0.3 is 0 Å². The molecule has 5 heteroatoms. The van der Waals surface area contributed by atoms with E-state index in [0.717, 1.165) is 49.9 Å². The summed E-state index contributed by atoms with van der Waals surface area (Å²) < 4.78 is 1.77. The Morgan fingerprint density at radius 2 is 1.79 bits per heavy atom. The van der Waals surface area contributed by atoms with Crippen LogP contribution in [0.25, 0.3) is 0 Å². The van der Waals surface area contributed by atoms with Crippen molar-refractivity contribution < 1.29 is 0 Å². The van der Waals surface area contributed by atoms with Crippen LogP contribution in [0.1, 0.15) is 55.8 Å². The van der Waals surface area contributed by atoms with Gasteiger partial charge in [0.05, 0.1) is 11.7 Å². The predicted molar refractivity (Wildman–Crippen MR) is 94.3 cm³/mol. The molecular weight excluding hydrogens is 300 g/mol. The van der Waals surface area contributed by atoms with Crippen molar-refractivity contribution in [3.05, 3.63) is 52.2 Å². The first kappa shape index (κ1) is 15.4. The van der Waals surface area contributed by atoms with E-state index in [2.05, 4.69) is 10.3 Å². The van der Waals surface area contributed by atoms with E-state index in [-0.39, 0.29) is 11.6 Å². The molecule has 0 spiro atoms. The third-order valence-corrected chi connectivity index (χ3v) is 5.33. The van der Waals surface area contributed by atoms with Gasteiger partial charge < -0.3 is 5.32 Å². The van der Waals surface area contributed by atoms with Crippen LogP contribution in [-0.2, 0) is 12.8 Å². The fourth-order valence-corrected chi connectivity index (χ4v) is 3.99. The number of rotatable bonds is 3. The molecule has 2 aromatic rings. The quantitative estimate of drug-likeness (QED) is 0.942. The maximum atomic E-state index is 12.4. The molecule has 0 unspecified atom stereocenters. The first-order chi connectivity index (χ1) is 11.8. The zero-order valence-corrected chi connectivity index (χ0v) is 13.9. The number of pyridine rings is 1. The van der Waals surface area contributed by atoms with Crippen LogP contribution >= 0.6 is 0 Å². The molecule has 2 aliphatic carbocycles. The van der Waals surface area contributed by atoms with Crippen LogP contribution in [0, 0.1) is 0 Å². The zero-order valence-electron chi connectivity index (χ0n) is 13.9. The third-order valence-electron chi connectivity index (χ3n) is 5.33.